The second-order valence-corrected chi connectivity index (χ2v) is 9.57. The molecule has 0 unspecified atom stereocenters. The molecule has 2 heterocycles. The zero-order valence-electron chi connectivity index (χ0n) is 50.2. The van der Waals surface area contributed by atoms with Crippen molar-refractivity contribution in [1.82, 2.24) is 15.0 Å². The van der Waals surface area contributed by atoms with E-state index in [-0.39, 0.29) is 5.39 Å². The summed E-state index contributed by atoms with van der Waals surface area (Å²) in [5, 5.41) is -1.74. The van der Waals surface area contributed by atoms with Gasteiger partial charge in [0.2, 0.25) is 0 Å². The number of hydrogen-bond acceptors (Lipinski definition) is 4. The monoisotopic (exact) mass is 628 g/mol. The number of rotatable bonds is 5. The summed E-state index contributed by atoms with van der Waals surface area (Å²) < 4.78 is 241. The van der Waals surface area contributed by atoms with Crippen LogP contribution in [0.3, 0.4) is 0 Å². The van der Waals surface area contributed by atoms with E-state index in [4.69, 9.17) is 35.9 Å². The van der Waals surface area contributed by atoms with Crippen LogP contribution in [0.15, 0.2) is 168 Å². The summed E-state index contributed by atoms with van der Waals surface area (Å²) in [5.41, 5.74) is -6.41. The van der Waals surface area contributed by atoms with Crippen molar-refractivity contribution >= 4 is 32.7 Å². The van der Waals surface area contributed by atoms with Crippen LogP contribution >= 0.6 is 0 Å². The first kappa shape index (κ1) is 11.1. The molecule has 2 aromatic heterocycles. The minimum Gasteiger partial charge on any atom is -0.456 e. The Labute approximate surface area is 309 Å². The van der Waals surface area contributed by atoms with Crippen LogP contribution in [0, 0.1) is 0 Å². The van der Waals surface area contributed by atoms with Crippen LogP contribution in [0.25, 0.3) is 89.1 Å². The van der Waals surface area contributed by atoms with Crippen LogP contribution in [0.1, 0.15) is 37.0 Å². The highest BCUT2D eigenvalue weighted by atomic mass is 16.3. The van der Waals surface area contributed by atoms with Gasteiger partial charge in [0.1, 0.15) is 11.2 Å². The molecule has 0 atom stereocenters. The Morgan fingerprint density at radius 1 is 0.362 bits per heavy atom. The van der Waals surface area contributed by atoms with Crippen LogP contribution < -0.4 is 0 Å². The zero-order chi connectivity index (χ0) is 54.7. The molecule has 0 aliphatic carbocycles. The highest BCUT2D eigenvalue weighted by Gasteiger charge is 2.16. The first-order chi connectivity index (χ1) is 34.5. The van der Waals surface area contributed by atoms with Gasteiger partial charge in [-0.15, -0.1) is 0 Å². The number of fused-ring (bicyclic) bond motifs is 5. The van der Waals surface area contributed by atoms with Gasteiger partial charge in [-0.05, 0) is 45.1 Å². The van der Waals surface area contributed by atoms with Gasteiger partial charge < -0.3 is 4.42 Å². The summed E-state index contributed by atoms with van der Waals surface area (Å²) in [4.78, 5) is 12.7. The highest BCUT2D eigenvalue weighted by Crippen LogP contribution is 2.40. The smallest absolute Gasteiger partial charge is 0.164 e. The Hall–Kier alpha value is -6.39. The standard InChI is InChI=1S/C43H27N3O/c1-3-10-28(11-4-1)29-18-22-33(23-19-29)42-44-41(32-13-5-2-6-14-32)45-43(46-42)34-24-20-31(21-25-34)36-16-9-17-37-39(36)40-35-15-8-7-12-30(35)26-27-38(40)47-37/h1-27H/i1D,2D,3D,4D,5D,6D,7D,8D,9D,10D,11D,12D,13D,14D,15D,16D,17D,18D,19D,20D,21D,22D,23D,24D,25D,26D,27D. The van der Waals surface area contributed by atoms with E-state index in [0.717, 1.165) is 0 Å². The van der Waals surface area contributed by atoms with Gasteiger partial charge in [-0.25, -0.2) is 15.0 Å². The fourth-order valence-electron chi connectivity index (χ4n) is 4.74. The Balaban J connectivity index is 1.40. The lowest BCUT2D eigenvalue weighted by molar-refractivity contribution is 0.669. The van der Waals surface area contributed by atoms with Gasteiger partial charge in [0, 0.05) is 27.5 Å². The third kappa shape index (κ3) is 4.84. The Morgan fingerprint density at radius 3 is 1.51 bits per heavy atom. The van der Waals surface area contributed by atoms with Crippen LogP contribution in [-0.2, 0) is 0 Å². The van der Waals surface area contributed by atoms with Gasteiger partial charge in [0.25, 0.3) is 0 Å². The molecule has 9 aromatic rings. The second-order valence-electron chi connectivity index (χ2n) is 9.57. The van der Waals surface area contributed by atoms with Crippen LogP contribution in [-0.4, -0.2) is 15.0 Å². The lowest BCUT2D eigenvalue weighted by Crippen LogP contribution is -2.00. The topological polar surface area (TPSA) is 51.8 Å². The summed E-state index contributed by atoms with van der Waals surface area (Å²) in [6, 6.07) is -24.0. The van der Waals surface area contributed by atoms with E-state index in [9.17, 15) is 5.48 Å². The van der Waals surface area contributed by atoms with Crippen molar-refractivity contribution in [2.75, 3.05) is 0 Å². The summed E-state index contributed by atoms with van der Waals surface area (Å²) >= 11 is 0. The predicted molar refractivity (Wildman–Crippen MR) is 192 cm³/mol. The van der Waals surface area contributed by atoms with E-state index in [1.165, 1.54) is 0 Å². The van der Waals surface area contributed by atoms with Crippen molar-refractivity contribution in [2.45, 2.75) is 0 Å². The summed E-state index contributed by atoms with van der Waals surface area (Å²) in [5.74, 6) is -2.64. The summed E-state index contributed by atoms with van der Waals surface area (Å²) in [6.07, 6.45) is 0. The largest absolute Gasteiger partial charge is 0.456 e. The summed E-state index contributed by atoms with van der Waals surface area (Å²) in [7, 11) is 0. The number of hydrogen-bond donors (Lipinski definition) is 0. The normalized spacial score (nSPS) is 19.4. The molecule has 0 saturated heterocycles. The zero-order valence-corrected chi connectivity index (χ0v) is 23.2. The lowest BCUT2D eigenvalue weighted by Gasteiger charge is -2.10. The Bertz CT molecular complexity index is 4000. The second kappa shape index (κ2) is 11.2. The maximum atomic E-state index is 9.40. The first-order valence-corrected chi connectivity index (χ1v) is 13.5. The maximum Gasteiger partial charge on any atom is 0.164 e. The molecule has 4 nitrogen and oxygen atoms in total. The third-order valence-corrected chi connectivity index (χ3v) is 6.82. The molecule has 7 aromatic carbocycles. The van der Waals surface area contributed by atoms with Gasteiger partial charge in [-0.3, -0.25) is 0 Å². The van der Waals surface area contributed by atoms with E-state index >= 15 is 0 Å². The fraction of sp³-hybridized carbons (Fsp3) is 0. The molecule has 0 aliphatic rings. The molecular formula is C43H27N3O. The Morgan fingerprint density at radius 2 is 0.851 bits per heavy atom. The van der Waals surface area contributed by atoms with Gasteiger partial charge in [-0.1, -0.05) is 151 Å². The molecule has 47 heavy (non-hydrogen) atoms. The summed E-state index contributed by atoms with van der Waals surface area (Å²) in [6.45, 7) is 0. The van der Waals surface area contributed by atoms with Crippen molar-refractivity contribution < 1.29 is 41.4 Å². The third-order valence-electron chi connectivity index (χ3n) is 6.82. The van der Waals surface area contributed by atoms with Gasteiger partial charge >= 0.3 is 0 Å². The molecule has 9 rings (SSSR count). The lowest BCUT2D eigenvalue weighted by atomic mass is 9.96. The van der Waals surface area contributed by atoms with Crippen molar-refractivity contribution in [3.63, 3.8) is 0 Å². The van der Waals surface area contributed by atoms with E-state index in [1.54, 1.807) is 0 Å². The molecule has 220 valence electrons. The van der Waals surface area contributed by atoms with E-state index in [1.807, 2.05) is 0 Å². The fourth-order valence-corrected chi connectivity index (χ4v) is 4.74. The van der Waals surface area contributed by atoms with Crippen molar-refractivity contribution in [3.05, 3.63) is 163 Å². The van der Waals surface area contributed by atoms with Gasteiger partial charge in [-0.2, -0.15) is 0 Å². The average molecular weight is 629 g/mol. The minimum atomic E-state index is -1.05. The molecule has 0 saturated carbocycles. The van der Waals surface area contributed by atoms with Crippen LogP contribution in [0.2, 0.25) is 0 Å². The molecular weight excluding hydrogens is 574 g/mol. The molecule has 0 N–H and O–H groups in total. The average Bonchev–Trinajstić information content (AvgIpc) is 3.76. The van der Waals surface area contributed by atoms with E-state index in [2.05, 4.69) is 15.0 Å². The quantitative estimate of drug-likeness (QED) is 0.190. The molecule has 0 bridgehead atoms. The van der Waals surface area contributed by atoms with E-state index < -0.39 is 247 Å². The number of aromatic nitrogens is 3. The molecule has 0 fully saturated rings. The van der Waals surface area contributed by atoms with E-state index in [0.29, 0.717) is 0 Å². The predicted octanol–water partition coefficient (Wildman–Crippen LogP) is 11.3. The Kier molecular flexibility index (Phi) is 2.66. The highest BCUT2D eigenvalue weighted by molar-refractivity contribution is 6.22. The van der Waals surface area contributed by atoms with Gasteiger partial charge in [0.15, 0.2) is 17.5 Å². The van der Waals surface area contributed by atoms with Crippen LogP contribution in [0.4, 0.5) is 0 Å². The number of furan rings is 1. The van der Waals surface area contributed by atoms with Crippen LogP contribution in [0.5, 0.6) is 0 Å². The van der Waals surface area contributed by atoms with Crippen molar-refractivity contribution in [2.24, 2.45) is 0 Å². The molecule has 0 amide bonds. The SMILES string of the molecule is [2H]c1c([2H])c([2H])c(-c2nc(-c3c([2H])c([2H])c(-c4c([2H])c([2H])c([2H])c([2H])c4[2H])c([2H])c3[2H])nc(-c3c([2H])c([2H])c(-c4c([2H])c([2H])c([2H])c5oc6c([2H])c([2H])c7c([2H])c([2H])c([2H])c([2H])c7c6c45)c([2H])c3[2H])n2)c([2H])c1[2H]. The maximum absolute atomic E-state index is 9.40. The molecule has 0 aliphatic heterocycles. The molecule has 0 spiro atoms. The first-order valence-electron chi connectivity index (χ1n) is 27.0. The van der Waals surface area contributed by atoms with Crippen molar-refractivity contribution in [1.29, 1.82) is 0 Å². The minimum absolute atomic E-state index is 0.385. The molecule has 0 radical (unpaired) electrons. The van der Waals surface area contributed by atoms with Crippen molar-refractivity contribution in [3.8, 4) is 56.4 Å². The number of benzene rings is 7. The number of nitrogens with zero attached hydrogens (tertiary/aromatic N) is 3. The molecule has 4 heteroatoms. The van der Waals surface area contributed by atoms with Gasteiger partial charge in [0.05, 0.1) is 37.0 Å².